The summed E-state index contributed by atoms with van der Waals surface area (Å²) >= 11 is 1.17. The van der Waals surface area contributed by atoms with E-state index in [1.807, 2.05) is 6.92 Å². The summed E-state index contributed by atoms with van der Waals surface area (Å²) in [5.74, 6) is -1.36. The Balaban J connectivity index is 1.78. The maximum Gasteiger partial charge on any atom is 0.348 e. The number of ether oxygens (including phenoxy) is 1. The topological polar surface area (TPSA) is 83.9 Å². The van der Waals surface area contributed by atoms with E-state index in [-0.39, 0.29) is 17.7 Å². The number of ketones is 1. The summed E-state index contributed by atoms with van der Waals surface area (Å²) in [5, 5.41) is 8.98. The fourth-order valence-electron chi connectivity index (χ4n) is 2.65. The molecule has 6 nitrogen and oxygen atoms in total. The first-order chi connectivity index (χ1) is 11.5. The molecule has 0 spiro atoms. The molecule has 2 rings (SSSR count). The second-order valence-electron chi connectivity index (χ2n) is 5.93. The Kier molecular flexibility index (Phi) is 6.93. The van der Waals surface area contributed by atoms with Gasteiger partial charge in [-0.3, -0.25) is 9.59 Å². The molecule has 0 bridgehead atoms. The molecule has 0 saturated carbocycles. The predicted octanol–water partition coefficient (Wildman–Crippen LogP) is 2.68. The lowest BCUT2D eigenvalue weighted by molar-refractivity contribution is -0.143. The number of aliphatic carboxylic acids is 1. The quantitative estimate of drug-likeness (QED) is 0.571. The van der Waals surface area contributed by atoms with Crippen molar-refractivity contribution in [1.82, 2.24) is 4.90 Å². The molecule has 7 heteroatoms. The van der Waals surface area contributed by atoms with Gasteiger partial charge in [0.05, 0.1) is 17.4 Å². The molecule has 1 aromatic heterocycles. The second kappa shape index (κ2) is 8.94. The average molecular weight is 353 g/mol. The number of hydrogen-bond acceptors (Lipinski definition) is 6. The number of carboxylic acids is 1. The summed E-state index contributed by atoms with van der Waals surface area (Å²) in [7, 11) is 0. The smallest absolute Gasteiger partial charge is 0.348 e. The standard InChI is InChI=1S/C17H23NO5S/c1-2-11-23-17(22)15-4-3-14(24-15)13(19)7-10-18-8-5-12(6-9-18)16(20)21/h3-4,12H,2,5-11H2,1H3,(H,20,21). The van der Waals surface area contributed by atoms with Crippen LogP contribution in [0.4, 0.5) is 0 Å². The van der Waals surface area contributed by atoms with Gasteiger partial charge in [0, 0.05) is 13.0 Å². The number of Topliss-reactive ketones (excluding diaryl/α,β-unsaturated/α-hetero) is 1. The molecule has 0 amide bonds. The number of likely N-dealkylation sites (tertiary alicyclic amines) is 1. The van der Waals surface area contributed by atoms with E-state index in [9.17, 15) is 14.4 Å². The fraction of sp³-hybridized carbons (Fsp3) is 0.588. The monoisotopic (exact) mass is 353 g/mol. The van der Waals surface area contributed by atoms with Crippen LogP contribution in [0.5, 0.6) is 0 Å². The molecule has 2 heterocycles. The minimum absolute atomic E-state index is 0.00917. The van der Waals surface area contributed by atoms with Crippen molar-refractivity contribution >= 4 is 29.1 Å². The second-order valence-corrected chi connectivity index (χ2v) is 7.01. The van der Waals surface area contributed by atoms with Gasteiger partial charge in [0.25, 0.3) is 0 Å². The Labute approximate surface area is 145 Å². The van der Waals surface area contributed by atoms with Gasteiger partial charge in [0.2, 0.25) is 0 Å². The molecule has 1 aliphatic heterocycles. The molecule has 1 saturated heterocycles. The van der Waals surface area contributed by atoms with Crippen LogP contribution >= 0.6 is 11.3 Å². The number of carboxylic acid groups (broad SMARTS) is 1. The van der Waals surface area contributed by atoms with Crippen LogP contribution in [0.1, 0.15) is 52.0 Å². The van der Waals surface area contributed by atoms with Crippen molar-refractivity contribution in [3.05, 3.63) is 21.9 Å². The summed E-state index contributed by atoms with van der Waals surface area (Å²) in [6, 6.07) is 3.31. The Morgan fingerprint density at radius 2 is 1.92 bits per heavy atom. The molecule has 132 valence electrons. The molecule has 1 N–H and O–H groups in total. The fourth-order valence-corrected chi connectivity index (χ4v) is 3.52. The Bertz CT molecular complexity index is 590. The number of rotatable bonds is 8. The number of nitrogens with zero attached hydrogens (tertiary/aromatic N) is 1. The lowest BCUT2D eigenvalue weighted by Gasteiger charge is -2.29. The van der Waals surface area contributed by atoms with Gasteiger partial charge in [-0.1, -0.05) is 6.92 Å². The number of carbonyl (C=O) groups excluding carboxylic acids is 2. The summed E-state index contributed by atoms with van der Waals surface area (Å²) in [6.45, 7) is 4.35. The summed E-state index contributed by atoms with van der Waals surface area (Å²) in [4.78, 5) is 38.1. The molecule has 1 fully saturated rings. The maximum absolute atomic E-state index is 12.2. The highest BCUT2D eigenvalue weighted by Crippen LogP contribution is 2.21. The summed E-state index contributed by atoms with van der Waals surface area (Å²) < 4.78 is 5.06. The number of thiophene rings is 1. The van der Waals surface area contributed by atoms with Gasteiger partial charge in [-0.05, 0) is 44.5 Å². The maximum atomic E-state index is 12.2. The number of hydrogen-bond donors (Lipinski definition) is 1. The summed E-state index contributed by atoms with van der Waals surface area (Å²) in [5.41, 5.74) is 0. The largest absolute Gasteiger partial charge is 0.481 e. The Morgan fingerprint density at radius 3 is 2.54 bits per heavy atom. The van der Waals surface area contributed by atoms with E-state index in [1.165, 1.54) is 11.3 Å². The van der Waals surface area contributed by atoms with Crippen LogP contribution in [-0.4, -0.2) is 54.0 Å². The minimum Gasteiger partial charge on any atom is -0.481 e. The number of esters is 1. The normalized spacial score (nSPS) is 16.0. The SMILES string of the molecule is CCCOC(=O)c1ccc(C(=O)CCN2CCC(C(=O)O)CC2)s1. The molecule has 0 radical (unpaired) electrons. The van der Waals surface area contributed by atoms with Crippen molar-refractivity contribution < 1.29 is 24.2 Å². The van der Waals surface area contributed by atoms with Crippen molar-refractivity contribution in [2.45, 2.75) is 32.6 Å². The van der Waals surface area contributed by atoms with Gasteiger partial charge in [-0.2, -0.15) is 0 Å². The number of carbonyl (C=O) groups is 3. The van der Waals surface area contributed by atoms with Crippen LogP contribution in [0.3, 0.4) is 0 Å². The highest BCUT2D eigenvalue weighted by Gasteiger charge is 2.24. The zero-order chi connectivity index (χ0) is 17.5. The van der Waals surface area contributed by atoms with E-state index < -0.39 is 5.97 Å². The van der Waals surface area contributed by atoms with Gasteiger partial charge in [0.15, 0.2) is 5.78 Å². The zero-order valence-corrected chi connectivity index (χ0v) is 14.6. The van der Waals surface area contributed by atoms with Crippen LogP contribution in [0.2, 0.25) is 0 Å². The lowest BCUT2D eigenvalue weighted by atomic mass is 9.97. The van der Waals surface area contributed by atoms with Gasteiger partial charge in [-0.15, -0.1) is 11.3 Å². The van der Waals surface area contributed by atoms with Crippen LogP contribution in [0.15, 0.2) is 12.1 Å². The molecule has 0 unspecified atom stereocenters. The average Bonchev–Trinajstić information content (AvgIpc) is 3.08. The van der Waals surface area contributed by atoms with Gasteiger partial charge in [0.1, 0.15) is 4.88 Å². The Morgan fingerprint density at radius 1 is 1.25 bits per heavy atom. The van der Waals surface area contributed by atoms with Crippen molar-refractivity contribution in [3.63, 3.8) is 0 Å². The van der Waals surface area contributed by atoms with Crippen LogP contribution in [0, 0.1) is 5.92 Å². The van der Waals surface area contributed by atoms with E-state index in [0.29, 0.717) is 55.3 Å². The summed E-state index contributed by atoms with van der Waals surface area (Å²) in [6.07, 6.45) is 2.41. The van der Waals surface area contributed by atoms with Crippen LogP contribution in [-0.2, 0) is 9.53 Å². The zero-order valence-electron chi connectivity index (χ0n) is 13.8. The van der Waals surface area contributed by atoms with Crippen molar-refractivity contribution in [2.24, 2.45) is 5.92 Å². The minimum atomic E-state index is -0.730. The molecule has 0 aromatic carbocycles. The van der Waals surface area contributed by atoms with E-state index in [2.05, 4.69) is 4.90 Å². The molecule has 0 atom stereocenters. The van der Waals surface area contributed by atoms with E-state index in [0.717, 1.165) is 6.42 Å². The third-order valence-corrected chi connectivity index (χ3v) is 5.22. The molecule has 1 aliphatic rings. The molecule has 1 aromatic rings. The van der Waals surface area contributed by atoms with E-state index in [1.54, 1.807) is 12.1 Å². The van der Waals surface area contributed by atoms with E-state index in [4.69, 9.17) is 9.84 Å². The highest BCUT2D eigenvalue weighted by molar-refractivity contribution is 7.15. The number of piperidine rings is 1. The van der Waals surface area contributed by atoms with Gasteiger partial charge < -0.3 is 14.7 Å². The van der Waals surface area contributed by atoms with Crippen molar-refractivity contribution in [3.8, 4) is 0 Å². The first-order valence-electron chi connectivity index (χ1n) is 8.26. The van der Waals surface area contributed by atoms with Crippen LogP contribution in [0.25, 0.3) is 0 Å². The molecular weight excluding hydrogens is 330 g/mol. The third-order valence-electron chi connectivity index (χ3n) is 4.11. The molecule has 24 heavy (non-hydrogen) atoms. The molecular formula is C17H23NO5S. The molecule has 0 aliphatic carbocycles. The van der Waals surface area contributed by atoms with Gasteiger partial charge >= 0.3 is 11.9 Å². The first kappa shape index (κ1) is 18.6. The highest BCUT2D eigenvalue weighted by atomic mass is 32.1. The Hall–Kier alpha value is -1.73. The predicted molar refractivity (Wildman–Crippen MR) is 90.6 cm³/mol. The first-order valence-corrected chi connectivity index (χ1v) is 9.08. The van der Waals surface area contributed by atoms with Crippen molar-refractivity contribution in [2.75, 3.05) is 26.2 Å². The lowest BCUT2D eigenvalue weighted by Crippen LogP contribution is -2.37. The van der Waals surface area contributed by atoms with E-state index >= 15 is 0 Å². The third kappa shape index (κ3) is 5.14. The van der Waals surface area contributed by atoms with Crippen molar-refractivity contribution in [1.29, 1.82) is 0 Å². The van der Waals surface area contributed by atoms with Gasteiger partial charge in [-0.25, -0.2) is 4.79 Å². The van der Waals surface area contributed by atoms with Crippen LogP contribution < -0.4 is 0 Å².